The summed E-state index contributed by atoms with van der Waals surface area (Å²) in [6.07, 6.45) is 5.30. The van der Waals surface area contributed by atoms with Crippen molar-refractivity contribution < 1.29 is 14.0 Å². The molecule has 9 heteroatoms. The second kappa shape index (κ2) is 8.14. The lowest BCUT2D eigenvalue weighted by molar-refractivity contribution is -0.133. The molecule has 0 unspecified atom stereocenters. The molecule has 5 rings (SSSR count). The largest absolute Gasteiger partial charge is 0.331 e. The zero-order valence-electron chi connectivity index (χ0n) is 17.7. The summed E-state index contributed by atoms with van der Waals surface area (Å²) in [6.45, 7) is 3.00. The third-order valence-corrected chi connectivity index (χ3v) is 6.08. The van der Waals surface area contributed by atoms with E-state index in [4.69, 9.17) is 4.98 Å². The number of fused-ring (bicyclic) bond motifs is 1. The number of anilines is 1. The van der Waals surface area contributed by atoms with Gasteiger partial charge in [0.1, 0.15) is 18.2 Å². The average Bonchev–Trinajstić information content (AvgIpc) is 3.51. The molecule has 1 aromatic carbocycles. The van der Waals surface area contributed by atoms with E-state index in [9.17, 15) is 14.0 Å². The number of carbonyl (C=O) groups is 2. The number of hydrogen-bond donors (Lipinski definition) is 0. The highest BCUT2D eigenvalue weighted by Gasteiger charge is 2.36. The van der Waals surface area contributed by atoms with Gasteiger partial charge in [-0.05, 0) is 43.5 Å². The number of halogens is 1. The highest BCUT2D eigenvalue weighted by Crippen LogP contribution is 2.35. The lowest BCUT2D eigenvalue weighted by atomic mass is 10.1. The first-order valence-electron chi connectivity index (χ1n) is 10.7. The molecule has 32 heavy (non-hydrogen) atoms. The van der Waals surface area contributed by atoms with Crippen LogP contribution in [0.4, 0.5) is 10.2 Å². The predicted octanol–water partition coefficient (Wildman–Crippen LogP) is 2.57. The number of likely N-dealkylation sites (tertiary alicyclic amines) is 1. The molecule has 3 aromatic rings. The van der Waals surface area contributed by atoms with Crippen LogP contribution in [0.3, 0.4) is 0 Å². The highest BCUT2D eigenvalue weighted by molar-refractivity contribution is 6.00. The molecule has 8 nitrogen and oxygen atoms in total. The topological polar surface area (TPSA) is 84.2 Å². The number of amides is 2. The van der Waals surface area contributed by atoms with E-state index in [-0.39, 0.29) is 36.6 Å². The third-order valence-electron chi connectivity index (χ3n) is 6.08. The highest BCUT2D eigenvalue weighted by atomic mass is 19.1. The molecule has 2 aromatic heterocycles. The molecule has 0 bridgehead atoms. The van der Waals surface area contributed by atoms with Gasteiger partial charge in [-0.2, -0.15) is 5.10 Å². The van der Waals surface area contributed by atoms with Crippen LogP contribution in [-0.4, -0.2) is 43.0 Å². The first-order valence-corrected chi connectivity index (χ1v) is 10.7. The van der Waals surface area contributed by atoms with E-state index >= 15 is 0 Å². The van der Waals surface area contributed by atoms with E-state index < -0.39 is 0 Å². The first kappa shape index (κ1) is 20.3. The van der Waals surface area contributed by atoms with Gasteiger partial charge >= 0.3 is 0 Å². The number of benzene rings is 1. The summed E-state index contributed by atoms with van der Waals surface area (Å²) < 4.78 is 14.9. The normalized spacial score (nSPS) is 17.8. The van der Waals surface area contributed by atoms with Crippen molar-refractivity contribution in [2.24, 2.45) is 0 Å². The molecular formula is C23H23FN6O2. The summed E-state index contributed by atoms with van der Waals surface area (Å²) >= 11 is 0. The lowest BCUT2D eigenvalue weighted by Gasteiger charge is -2.25. The van der Waals surface area contributed by atoms with E-state index in [2.05, 4.69) is 10.1 Å². The predicted molar refractivity (Wildman–Crippen MR) is 114 cm³/mol. The van der Waals surface area contributed by atoms with Crippen molar-refractivity contribution in [3.8, 4) is 0 Å². The van der Waals surface area contributed by atoms with E-state index in [1.54, 1.807) is 40.2 Å². The summed E-state index contributed by atoms with van der Waals surface area (Å²) in [4.78, 5) is 38.6. The zero-order valence-corrected chi connectivity index (χ0v) is 17.7. The van der Waals surface area contributed by atoms with Crippen molar-refractivity contribution >= 4 is 17.6 Å². The Bertz CT molecular complexity index is 1160. The standard InChI is InChI=1S/C23H23FN6O2/c1-15-18-12-20(31)30(13-16-5-7-17(24)8-6-16)23(18)27-22(26-15)19-4-2-11-29(19)21(32)14-28-10-3-9-25-28/h3,5-10,19H,2,4,11-14H2,1H3/t19-/m0/s1. The number of carbonyl (C=O) groups excluding carboxylic acids is 2. The summed E-state index contributed by atoms with van der Waals surface area (Å²) in [5, 5.41) is 4.12. The molecule has 0 radical (unpaired) electrons. The van der Waals surface area contributed by atoms with Crippen LogP contribution in [0.1, 0.15) is 41.5 Å². The Balaban J connectivity index is 1.43. The maximum Gasteiger partial charge on any atom is 0.244 e. The molecule has 0 saturated carbocycles. The molecule has 1 fully saturated rings. The number of hydrogen-bond acceptors (Lipinski definition) is 5. The van der Waals surface area contributed by atoms with Crippen LogP contribution >= 0.6 is 0 Å². The van der Waals surface area contributed by atoms with E-state index in [1.807, 2.05) is 11.8 Å². The van der Waals surface area contributed by atoms with Gasteiger partial charge in [0.15, 0.2) is 5.82 Å². The average molecular weight is 434 g/mol. The minimum Gasteiger partial charge on any atom is -0.331 e. The van der Waals surface area contributed by atoms with Crippen molar-refractivity contribution in [2.45, 2.75) is 45.3 Å². The van der Waals surface area contributed by atoms with Crippen molar-refractivity contribution in [1.29, 1.82) is 0 Å². The van der Waals surface area contributed by atoms with Gasteiger partial charge in [0, 0.05) is 30.2 Å². The number of aromatic nitrogens is 4. The summed E-state index contributed by atoms with van der Waals surface area (Å²) in [5.74, 6) is 0.747. The van der Waals surface area contributed by atoms with Gasteiger partial charge < -0.3 is 4.90 Å². The van der Waals surface area contributed by atoms with Gasteiger partial charge in [0.2, 0.25) is 11.8 Å². The SMILES string of the molecule is Cc1nc([C@@H]2CCCN2C(=O)Cn2cccn2)nc2c1CC(=O)N2Cc1ccc(F)cc1. The molecule has 164 valence electrons. The second-order valence-corrected chi connectivity index (χ2v) is 8.20. The monoisotopic (exact) mass is 434 g/mol. The molecule has 2 aliphatic heterocycles. The number of rotatable bonds is 5. The van der Waals surface area contributed by atoms with E-state index in [0.29, 0.717) is 24.7 Å². The maximum absolute atomic E-state index is 13.3. The van der Waals surface area contributed by atoms with Crippen molar-refractivity contribution in [3.63, 3.8) is 0 Å². The third kappa shape index (κ3) is 3.74. The van der Waals surface area contributed by atoms with Crippen LogP contribution < -0.4 is 4.90 Å². The molecule has 0 spiro atoms. The van der Waals surface area contributed by atoms with E-state index in [1.165, 1.54) is 12.1 Å². The van der Waals surface area contributed by atoms with Gasteiger partial charge in [0.25, 0.3) is 0 Å². The number of aryl methyl sites for hydroxylation is 1. The molecule has 1 atom stereocenters. The minimum absolute atomic E-state index is 0.0304. The molecule has 4 heterocycles. The Morgan fingerprint density at radius 2 is 2.03 bits per heavy atom. The first-order chi connectivity index (χ1) is 15.5. The molecule has 2 amide bonds. The molecule has 0 aliphatic carbocycles. The van der Waals surface area contributed by atoms with Crippen LogP contribution in [0.25, 0.3) is 0 Å². The van der Waals surface area contributed by atoms with Gasteiger partial charge in [-0.15, -0.1) is 0 Å². The lowest BCUT2D eigenvalue weighted by Crippen LogP contribution is -2.34. The Morgan fingerprint density at radius 1 is 1.22 bits per heavy atom. The Hall–Kier alpha value is -3.62. The fourth-order valence-corrected chi connectivity index (χ4v) is 4.44. The minimum atomic E-state index is -0.316. The Kier molecular flexibility index (Phi) is 5.16. The van der Waals surface area contributed by atoms with Crippen LogP contribution in [-0.2, 0) is 29.1 Å². The van der Waals surface area contributed by atoms with Gasteiger partial charge in [-0.3, -0.25) is 19.2 Å². The van der Waals surface area contributed by atoms with Gasteiger partial charge in [0.05, 0.1) is 19.0 Å². The van der Waals surface area contributed by atoms with E-state index in [0.717, 1.165) is 29.7 Å². The Labute approximate surface area is 184 Å². The molecule has 2 aliphatic rings. The fraction of sp³-hybridized carbons (Fsp3) is 0.348. The summed E-state index contributed by atoms with van der Waals surface area (Å²) in [6, 6.07) is 7.66. The van der Waals surface area contributed by atoms with Gasteiger partial charge in [-0.1, -0.05) is 12.1 Å². The van der Waals surface area contributed by atoms with Gasteiger partial charge in [-0.25, -0.2) is 14.4 Å². The molecule has 1 saturated heterocycles. The quantitative estimate of drug-likeness (QED) is 0.616. The van der Waals surface area contributed by atoms with Crippen molar-refractivity contribution in [1.82, 2.24) is 24.6 Å². The van der Waals surface area contributed by atoms with Crippen LogP contribution in [0.5, 0.6) is 0 Å². The fourth-order valence-electron chi connectivity index (χ4n) is 4.44. The summed E-state index contributed by atoms with van der Waals surface area (Å²) in [5.41, 5.74) is 2.39. The summed E-state index contributed by atoms with van der Waals surface area (Å²) in [7, 11) is 0. The van der Waals surface area contributed by atoms with Crippen LogP contribution in [0, 0.1) is 12.7 Å². The van der Waals surface area contributed by atoms with Crippen molar-refractivity contribution in [3.05, 3.63) is 71.2 Å². The number of nitrogens with zero attached hydrogens (tertiary/aromatic N) is 6. The molecular weight excluding hydrogens is 411 g/mol. The zero-order chi connectivity index (χ0) is 22.2. The van der Waals surface area contributed by atoms with Crippen LogP contribution in [0.15, 0.2) is 42.7 Å². The van der Waals surface area contributed by atoms with Crippen LogP contribution in [0.2, 0.25) is 0 Å². The second-order valence-electron chi connectivity index (χ2n) is 8.20. The smallest absolute Gasteiger partial charge is 0.244 e. The molecule has 0 N–H and O–H groups in total. The Morgan fingerprint density at radius 3 is 2.78 bits per heavy atom. The van der Waals surface area contributed by atoms with Crippen molar-refractivity contribution in [2.75, 3.05) is 11.4 Å². The maximum atomic E-state index is 13.3.